The van der Waals surface area contributed by atoms with Crippen LogP contribution in [0.5, 0.6) is 5.75 Å². The van der Waals surface area contributed by atoms with Gasteiger partial charge in [0.2, 0.25) is 14.8 Å². The van der Waals surface area contributed by atoms with E-state index >= 15 is 0 Å². The summed E-state index contributed by atoms with van der Waals surface area (Å²) in [5, 5.41) is 2.55. The molecule has 116 valence electrons. The molecule has 0 spiro atoms. The first kappa shape index (κ1) is 17.4. The first-order valence-corrected chi connectivity index (χ1v) is 8.04. The second-order valence-electron chi connectivity index (χ2n) is 4.03. The molecular weight excluding hydrogens is 293 g/mol. The largest absolute Gasteiger partial charge is 0.464 e. The van der Waals surface area contributed by atoms with E-state index in [0.29, 0.717) is 31.5 Å². The molecule has 1 aromatic rings. The van der Waals surface area contributed by atoms with Gasteiger partial charge >= 0.3 is 5.97 Å². The Morgan fingerprint density at radius 3 is 2.71 bits per heavy atom. The lowest BCUT2D eigenvalue weighted by molar-refractivity contribution is -0.150. The number of hydrogen-bond acceptors (Lipinski definition) is 5. The number of amides is 1. The second kappa shape index (κ2) is 10.1. The molecule has 0 aliphatic rings. The van der Waals surface area contributed by atoms with Gasteiger partial charge in [-0.1, -0.05) is 18.2 Å². The molecule has 0 aliphatic heterocycles. The van der Waals surface area contributed by atoms with Gasteiger partial charge in [-0.25, -0.2) is 4.79 Å². The van der Waals surface area contributed by atoms with Crippen molar-refractivity contribution >= 4 is 20.8 Å². The van der Waals surface area contributed by atoms with Crippen molar-refractivity contribution in [3.63, 3.8) is 0 Å². The molecule has 1 amide bonds. The van der Waals surface area contributed by atoms with Gasteiger partial charge in [0.25, 0.3) is 0 Å². The van der Waals surface area contributed by atoms with Gasteiger partial charge in [-0.3, -0.25) is 4.79 Å². The van der Waals surface area contributed by atoms with Crippen molar-refractivity contribution < 1.29 is 23.4 Å². The molecule has 21 heavy (non-hydrogen) atoms. The first-order valence-electron chi connectivity index (χ1n) is 6.68. The molecule has 0 saturated heterocycles. The smallest absolute Gasteiger partial charge is 0.335 e. The van der Waals surface area contributed by atoms with E-state index < -0.39 is 20.4 Å². The standard InChI is InChI=1S/C14H20NO5P/c1-3-18-14(17)12(2)19-21(10-9-15-11-16)20-13-7-5-4-6-8-13/h4-8,11-12H,3,9-10H2,1-2H3,(H,15,16). The van der Waals surface area contributed by atoms with Crippen molar-refractivity contribution in [2.45, 2.75) is 20.0 Å². The number of carbonyl (C=O) groups is 2. The SMILES string of the molecule is CCOC(=O)C(C)OP(CCNC=O)Oc1ccccc1. The molecule has 6 nitrogen and oxygen atoms in total. The Morgan fingerprint density at radius 1 is 1.38 bits per heavy atom. The number of esters is 1. The van der Waals surface area contributed by atoms with Crippen LogP contribution in [0.2, 0.25) is 0 Å². The van der Waals surface area contributed by atoms with Crippen LogP contribution in [0.1, 0.15) is 13.8 Å². The van der Waals surface area contributed by atoms with Crippen LogP contribution >= 0.6 is 8.38 Å². The number of ether oxygens (including phenoxy) is 1. The van der Waals surface area contributed by atoms with E-state index in [0.717, 1.165) is 0 Å². The van der Waals surface area contributed by atoms with E-state index in [9.17, 15) is 9.59 Å². The zero-order valence-electron chi connectivity index (χ0n) is 12.2. The summed E-state index contributed by atoms with van der Waals surface area (Å²) >= 11 is 0. The maximum absolute atomic E-state index is 11.6. The fraction of sp³-hybridized carbons (Fsp3) is 0.429. The Bertz CT molecular complexity index is 429. The predicted octanol–water partition coefficient (Wildman–Crippen LogP) is 2.09. The van der Waals surface area contributed by atoms with E-state index in [1.54, 1.807) is 26.0 Å². The van der Waals surface area contributed by atoms with Gasteiger partial charge in [-0.2, -0.15) is 0 Å². The average Bonchev–Trinajstić information content (AvgIpc) is 2.48. The highest BCUT2D eigenvalue weighted by atomic mass is 31.2. The topological polar surface area (TPSA) is 73.9 Å². The lowest BCUT2D eigenvalue weighted by Gasteiger charge is -2.21. The van der Waals surface area contributed by atoms with Crippen molar-refractivity contribution in [1.82, 2.24) is 5.32 Å². The number of nitrogens with one attached hydrogen (secondary N) is 1. The molecule has 0 heterocycles. The summed E-state index contributed by atoms with van der Waals surface area (Å²) in [4.78, 5) is 21.9. The molecule has 0 radical (unpaired) electrons. The average molecular weight is 313 g/mol. The Morgan fingerprint density at radius 2 is 2.10 bits per heavy atom. The Balaban J connectivity index is 2.58. The Kier molecular flexibility index (Phi) is 8.40. The quantitative estimate of drug-likeness (QED) is 0.310. The molecule has 2 unspecified atom stereocenters. The lowest BCUT2D eigenvalue weighted by atomic mass is 10.3. The normalized spacial score (nSPS) is 13.0. The maximum Gasteiger partial charge on any atom is 0.335 e. The molecule has 0 saturated carbocycles. The molecule has 1 rings (SSSR count). The first-order chi connectivity index (χ1) is 10.2. The van der Waals surface area contributed by atoms with Crippen LogP contribution in [0.15, 0.2) is 30.3 Å². The van der Waals surface area contributed by atoms with Crippen molar-refractivity contribution in [3.8, 4) is 5.75 Å². The number of carbonyl (C=O) groups excluding carboxylic acids is 2. The number of benzene rings is 1. The van der Waals surface area contributed by atoms with Crippen LogP contribution in [-0.4, -0.2) is 37.8 Å². The van der Waals surface area contributed by atoms with E-state index in [4.69, 9.17) is 13.8 Å². The van der Waals surface area contributed by atoms with Crippen LogP contribution in [-0.2, 0) is 18.8 Å². The zero-order valence-corrected chi connectivity index (χ0v) is 13.0. The van der Waals surface area contributed by atoms with Gasteiger partial charge in [0.15, 0.2) is 6.10 Å². The molecule has 1 N–H and O–H groups in total. The second-order valence-corrected chi connectivity index (χ2v) is 5.54. The molecule has 2 atom stereocenters. The van der Waals surface area contributed by atoms with Gasteiger partial charge in [-0.15, -0.1) is 0 Å². The van der Waals surface area contributed by atoms with Gasteiger partial charge in [0.05, 0.1) is 6.61 Å². The number of hydrogen-bond donors (Lipinski definition) is 1. The minimum absolute atomic E-state index is 0.302. The third-order valence-corrected chi connectivity index (χ3v) is 3.92. The molecule has 0 aromatic heterocycles. The summed E-state index contributed by atoms with van der Waals surface area (Å²) in [6.07, 6.45) is 0.383. The van der Waals surface area contributed by atoms with Crippen molar-refractivity contribution in [2.24, 2.45) is 0 Å². The van der Waals surface area contributed by atoms with E-state index in [1.807, 2.05) is 18.2 Å². The number of para-hydroxylation sites is 1. The minimum atomic E-state index is -1.35. The van der Waals surface area contributed by atoms with E-state index in [2.05, 4.69) is 5.32 Å². The van der Waals surface area contributed by atoms with E-state index in [-0.39, 0.29) is 0 Å². The van der Waals surface area contributed by atoms with Gasteiger partial charge in [0.1, 0.15) is 5.75 Å². The van der Waals surface area contributed by atoms with Gasteiger partial charge < -0.3 is 19.1 Å². The summed E-state index contributed by atoms with van der Waals surface area (Å²) in [6.45, 7) is 4.07. The lowest BCUT2D eigenvalue weighted by Crippen LogP contribution is -2.24. The number of rotatable bonds is 10. The molecule has 0 aliphatic carbocycles. The summed E-state index contributed by atoms with van der Waals surface area (Å²) < 4.78 is 16.3. The van der Waals surface area contributed by atoms with Crippen molar-refractivity contribution in [1.29, 1.82) is 0 Å². The molecule has 0 bridgehead atoms. The zero-order chi connectivity index (χ0) is 15.5. The van der Waals surface area contributed by atoms with E-state index in [1.165, 1.54) is 0 Å². The van der Waals surface area contributed by atoms with Crippen molar-refractivity contribution in [2.75, 3.05) is 19.3 Å². The van der Waals surface area contributed by atoms with Crippen LogP contribution < -0.4 is 9.84 Å². The fourth-order valence-corrected chi connectivity index (χ4v) is 2.76. The third-order valence-electron chi connectivity index (χ3n) is 2.37. The fourth-order valence-electron chi connectivity index (χ4n) is 1.41. The monoisotopic (exact) mass is 313 g/mol. The summed E-state index contributed by atoms with van der Waals surface area (Å²) in [6, 6.07) is 9.19. The van der Waals surface area contributed by atoms with Crippen molar-refractivity contribution in [3.05, 3.63) is 30.3 Å². The minimum Gasteiger partial charge on any atom is -0.464 e. The van der Waals surface area contributed by atoms with Crippen LogP contribution in [0.3, 0.4) is 0 Å². The highest BCUT2D eigenvalue weighted by molar-refractivity contribution is 7.47. The third kappa shape index (κ3) is 7.06. The highest BCUT2D eigenvalue weighted by Crippen LogP contribution is 2.40. The van der Waals surface area contributed by atoms with Crippen LogP contribution in [0.25, 0.3) is 0 Å². The predicted molar refractivity (Wildman–Crippen MR) is 80.1 cm³/mol. The summed E-state index contributed by atoms with van der Waals surface area (Å²) in [5.41, 5.74) is 0. The van der Waals surface area contributed by atoms with Crippen LogP contribution in [0.4, 0.5) is 0 Å². The molecule has 7 heteroatoms. The Hall–Kier alpha value is -1.65. The molecule has 0 fully saturated rings. The molecule has 1 aromatic carbocycles. The maximum atomic E-state index is 11.6. The summed E-state index contributed by atoms with van der Waals surface area (Å²) in [5.74, 6) is 0.232. The van der Waals surface area contributed by atoms with Gasteiger partial charge in [0, 0.05) is 12.7 Å². The summed E-state index contributed by atoms with van der Waals surface area (Å²) in [7, 11) is -1.35. The highest BCUT2D eigenvalue weighted by Gasteiger charge is 2.22. The van der Waals surface area contributed by atoms with Gasteiger partial charge in [-0.05, 0) is 26.0 Å². The molecular formula is C14H20NO5P. The Labute approximate surface area is 125 Å². The van der Waals surface area contributed by atoms with Crippen LogP contribution in [0, 0.1) is 0 Å².